The van der Waals surface area contributed by atoms with Gasteiger partial charge >= 0.3 is 0 Å². The number of sulfonamides is 1. The minimum Gasteiger partial charge on any atom is -0.370 e. The van der Waals surface area contributed by atoms with Crippen molar-refractivity contribution in [3.05, 3.63) is 18.1 Å². The van der Waals surface area contributed by atoms with Gasteiger partial charge in [-0.1, -0.05) is 0 Å². The quantitative estimate of drug-likeness (QED) is 0.471. The largest absolute Gasteiger partial charge is 0.370 e. The third kappa shape index (κ3) is 3.23. The molecule has 3 rings (SSSR count). The summed E-state index contributed by atoms with van der Waals surface area (Å²) in [6.45, 7) is 4.23. The van der Waals surface area contributed by atoms with Crippen LogP contribution in [0.5, 0.6) is 0 Å². The van der Waals surface area contributed by atoms with E-state index < -0.39 is 14.9 Å². The highest BCUT2D eigenvalue weighted by atomic mass is 32.2. The maximum Gasteiger partial charge on any atom is 0.280 e. The van der Waals surface area contributed by atoms with Gasteiger partial charge in [0.15, 0.2) is 10.8 Å². The molecule has 0 bridgehead atoms. The molecule has 152 valence electrons. The molecule has 0 saturated carbocycles. The minimum atomic E-state index is -4.02. The summed E-state index contributed by atoms with van der Waals surface area (Å²) in [5.41, 5.74) is 7.37. The number of rotatable bonds is 4. The highest BCUT2D eigenvalue weighted by Crippen LogP contribution is 2.33. The van der Waals surface area contributed by atoms with E-state index in [0.717, 1.165) is 10.9 Å². The second kappa shape index (κ2) is 6.93. The number of piperazine rings is 1. The first kappa shape index (κ1) is 19.9. The van der Waals surface area contributed by atoms with E-state index in [1.54, 1.807) is 14.1 Å². The average molecular weight is 408 g/mol. The predicted molar refractivity (Wildman–Crippen MR) is 109 cm³/mol. The number of nitrogens with zero attached hydrogens (tertiary/aromatic N) is 6. The normalized spacial score (nSPS) is 20.9. The summed E-state index contributed by atoms with van der Waals surface area (Å²) in [4.78, 5) is 15.0. The van der Waals surface area contributed by atoms with Gasteiger partial charge in [-0.2, -0.15) is 4.40 Å². The molecule has 1 atom stereocenters. The fourth-order valence-corrected chi connectivity index (χ4v) is 4.69. The lowest BCUT2D eigenvalue weighted by atomic mass is 10.1. The third-order valence-electron chi connectivity index (χ3n) is 4.86. The molecule has 12 heteroatoms. The van der Waals surface area contributed by atoms with E-state index in [1.807, 2.05) is 18.0 Å². The van der Waals surface area contributed by atoms with Crippen LogP contribution in [0.1, 0.15) is 12.5 Å². The van der Waals surface area contributed by atoms with Crippen molar-refractivity contribution >= 4 is 39.2 Å². The van der Waals surface area contributed by atoms with Crippen molar-refractivity contribution in [3.8, 4) is 0 Å². The standard InChI is InChI=1S/C16H25N9O2S/c1-11-7-19-13-12(11)14(21-9-20-13)24-5-6-25(15(17)18)16(2,8-24)28(26,27)22-10-23(3)4/h7,9-10H,5-6,8H2,1-4H3,(H3,17,18)(H,19,20,21). The molecule has 28 heavy (non-hydrogen) atoms. The number of guanidine groups is 1. The summed E-state index contributed by atoms with van der Waals surface area (Å²) >= 11 is 0. The average Bonchev–Trinajstić information content (AvgIpc) is 3.01. The van der Waals surface area contributed by atoms with E-state index in [0.29, 0.717) is 18.0 Å². The number of anilines is 1. The monoisotopic (exact) mass is 407 g/mol. The van der Waals surface area contributed by atoms with Crippen molar-refractivity contribution in [2.45, 2.75) is 18.7 Å². The Bertz CT molecular complexity index is 1030. The topological polar surface area (TPSA) is 148 Å². The second-order valence-corrected chi connectivity index (χ2v) is 9.23. The molecule has 1 saturated heterocycles. The fourth-order valence-electron chi connectivity index (χ4n) is 3.36. The SMILES string of the molecule is Cc1c[nH]c2ncnc(N3CCN(C(=N)N)C(C)(S(=O)(=O)N=CN(C)C)C3)c12. The Kier molecular flexibility index (Phi) is 4.91. The van der Waals surface area contributed by atoms with Crippen LogP contribution in [0.25, 0.3) is 11.0 Å². The molecule has 1 aliphatic rings. The predicted octanol–water partition coefficient (Wildman–Crippen LogP) is -0.0823. The molecule has 1 aliphatic heterocycles. The molecule has 0 aliphatic carbocycles. The van der Waals surface area contributed by atoms with Gasteiger partial charge in [-0.3, -0.25) is 5.41 Å². The third-order valence-corrected chi connectivity index (χ3v) is 6.69. The van der Waals surface area contributed by atoms with Crippen molar-refractivity contribution in [1.29, 1.82) is 5.41 Å². The maximum absolute atomic E-state index is 13.1. The van der Waals surface area contributed by atoms with Crippen LogP contribution >= 0.6 is 0 Å². The van der Waals surface area contributed by atoms with Crippen molar-refractivity contribution < 1.29 is 8.42 Å². The van der Waals surface area contributed by atoms with Gasteiger partial charge in [-0.15, -0.1) is 0 Å². The highest BCUT2D eigenvalue weighted by molar-refractivity contribution is 7.91. The van der Waals surface area contributed by atoms with Gasteiger partial charge in [0.1, 0.15) is 24.1 Å². The number of nitrogens with one attached hydrogen (secondary N) is 2. The van der Waals surface area contributed by atoms with E-state index in [9.17, 15) is 8.42 Å². The van der Waals surface area contributed by atoms with E-state index in [1.165, 1.54) is 29.4 Å². The first-order valence-corrected chi connectivity index (χ1v) is 10.1. The zero-order valence-electron chi connectivity index (χ0n) is 16.3. The van der Waals surface area contributed by atoms with Gasteiger partial charge in [0, 0.05) is 33.4 Å². The summed E-state index contributed by atoms with van der Waals surface area (Å²) in [7, 11) is -0.655. The van der Waals surface area contributed by atoms with Crippen molar-refractivity contribution in [2.75, 3.05) is 38.6 Å². The van der Waals surface area contributed by atoms with Gasteiger partial charge in [-0.25, -0.2) is 18.4 Å². The molecule has 11 nitrogen and oxygen atoms in total. The van der Waals surface area contributed by atoms with E-state index in [-0.39, 0.29) is 19.0 Å². The van der Waals surface area contributed by atoms with Gasteiger partial charge in [0.05, 0.1) is 11.9 Å². The number of aromatic nitrogens is 3. The van der Waals surface area contributed by atoms with E-state index in [2.05, 4.69) is 19.3 Å². The molecule has 2 aromatic heterocycles. The van der Waals surface area contributed by atoms with Crippen LogP contribution < -0.4 is 10.6 Å². The molecule has 1 fully saturated rings. The molecule has 3 heterocycles. The summed E-state index contributed by atoms with van der Waals surface area (Å²) < 4.78 is 30.0. The number of H-pyrrole nitrogens is 1. The van der Waals surface area contributed by atoms with Crippen LogP contribution in [0.15, 0.2) is 16.9 Å². The molecule has 2 aromatic rings. The number of nitrogens with two attached hydrogens (primary N) is 1. The van der Waals surface area contributed by atoms with Crippen LogP contribution in [0.3, 0.4) is 0 Å². The zero-order chi connectivity index (χ0) is 20.7. The van der Waals surface area contributed by atoms with Gasteiger partial charge in [-0.05, 0) is 19.4 Å². The van der Waals surface area contributed by atoms with E-state index >= 15 is 0 Å². The van der Waals surface area contributed by atoms with E-state index in [4.69, 9.17) is 11.1 Å². The van der Waals surface area contributed by atoms with Crippen LogP contribution in [0.2, 0.25) is 0 Å². The molecular weight excluding hydrogens is 382 g/mol. The zero-order valence-corrected chi connectivity index (χ0v) is 17.2. The summed E-state index contributed by atoms with van der Waals surface area (Å²) in [5.74, 6) is 0.335. The van der Waals surface area contributed by atoms with Crippen LogP contribution in [0, 0.1) is 12.3 Å². The van der Waals surface area contributed by atoms with Gasteiger partial charge in [0.25, 0.3) is 10.0 Å². The molecule has 0 amide bonds. The highest BCUT2D eigenvalue weighted by Gasteiger charge is 2.50. The number of fused-ring (bicyclic) bond motifs is 1. The van der Waals surface area contributed by atoms with Gasteiger partial charge in [0.2, 0.25) is 0 Å². The van der Waals surface area contributed by atoms with Gasteiger partial charge < -0.3 is 25.4 Å². The molecule has 4 N–H and O–H groups in total. The lowest BCUT2D eigenvalue weighted by Crippen LogP contribution is -2.67. The Balaban J connectivity index is 2.07. The van der Waals surface area contributed by atoms with Crippen LogP contribution in [-0.2, 0) is 10.0 Å². The molecule has 1 unspecified atom stereocenters. The first-order valence-electron chi connectivity index (χ1n) is 8.68. The molecule has 0 spiro atoms. The van der Waals surface area contributed by atoms with Crippen LogP contribution in [-0.4, -0.2) is 84.1 Å². The first-order chi connectivity index (χ1) is 13.1. The maximum atomic E-state index is 13.1. The summed E-state index contributed by atoms with van der Waals surface area (Å²) in [5, 5.41) is 8.72. The lowest BCUT2D eigenvalue weighted by Gasteiger charge is -2.47. The van der Waals surface area contributed by atoms with Crippen LogP contribution in [0.4, 0.5) is 5.82 Å². The smallest absolute Gasteiger partial charge is 0.280 e. The minimum absolute atomic E-state index is 0.0520. The Morgan fingerprint density at radius 2 is 2.14 bits per heavy atom. The Hall–Kier alpha value is -2.89. The van der Waals surface area contributed by atoms with Crippen molar-refractivity contribution in [3.63, 3.8) is 0 Å². The Labute approximate surface area is 163 Å². The second-order valence-electron chi connectivity index (χ2n) is 7.19. The number of aryl methyl sites for hydroxylation is 1. The number of aromatic amines is 1. The summed E-state index contributed by atoms with van der Waals surface area (Å²) in [6.07, 6.45) is 4.52. The number of hydrogen-bond acceptors (Lipinski definition) is 6. The molecule has 0 radical (unpaired) electrons. The molecular formula is C16H25N9O2S. The van der Waals surface area contributed by atoms with Crippen molar-refractivity contribution in [1.82, 2.24) is 24.8 Å². The van der Waals surface area contributed by atoms with Crippen molar-refractivity contribution in [2.24, 2.45) is 10.1 Å². The lowest BCUT2D eigenvalue weighted by molar-refractivity contribution is 0.246. The fraction of sp³-hybridized carbons (Fsp3) is 0.500. The Morgan fingerprint density at radius 1 is 1.43 bits per heavy atom. The summed E-state index contributed by atoms with van der Waals surface area (Å²) in [6, 6.07) is 0. The Morgan fingerprint density at radius 3 is 2.79 bits per heavy atom. The molecule has 0 aromatic carbocycles. The number of hydrogen-bond donors (Lipinski definition) is 3.